The van der Waals surface area contributed by atoms with E-state index in [2.05, 4.69) is 16.4 Å². The number of anilines is 1. The zero-order chi connectivity index (χ0) is 18.7. The number of fused-ring (bicyclic) bond motifs is 1. The van der Waals surface area contributed by atoms with Gasteiger partial charge in [0.05, 0.1) is 34.9 Å². The van der Waals surface area contributed by atoms with Crippen molar-refractivity contribution in [3.05, 3.63) is 52.5 Å². The van der Waals surface area contributed by atoms with Crippen LogP contribution in [0.25, 0.3) is 10.2 Å². The molecule has 7 heteroatoms. The van der Waals surface area contributed by atoms with Crippen LogP contribution < -0.4 is 10.1 Å². The predicted octanol–water partition coefficient (Wildman–Crippen LogP) is 4.42. The highest BCUT2D eigenvalue weighted by atomic mass is 35.5. The minimum Gasteiger partial charge on any atom is -0.495 e. The molecule has 0 aliphatic heterocycles. The molecule has 1 amide bonds. The number of carbonyl (C=O) groups excluding carboxylic acids is 1. The summed E-state index contributed by atoms with van der Waals surface area (Å²) in [5, 5.41) is 4.34. The zero-order valence-corrected chi connectivity index (χ0v) is 16.4. The van der Waals surface area contributed by atoms with E-state index in [9.17, 15) is 4.79 Å². The molecular weight excluding hydrogens is 370 g/mol. The largest absolute Gasteiger partial charge is 0.495 e. The van der Waals surface area contributed by atoms with Crippen LogP contribution >= 0.6 is 22.9 Å². The van der Waals surface area contributed by atoms with Gasteiger partial charge < -0.3 is 10.1 Å². The van der Waals surface area contributed by atoms with Crippen LogP contribution in [0.15, 0.2) is 42.5 Å². The fourth-order valence-electron chi connectivity index (χ4n) is 2.53. The van der Waals surface area contributed by atoms with Crippen molar-refractivity contribution in [2.75, 3.05) is 19.5 Å². The van der Waals surface area contributed by atoms with Gasteiger partial charge >= 0.3 is 0 Å². The summed E-state index contributed by atoms with van der Waals surface area (Å²) in [6.07, 6.45) is 0. The summed E-state index contributed by atoms with van der Waals surface area (Å²) in [4.78, 5) is 19.1. The van der Waals surface area contributed by atoms with Crippen LogP contribution in [-0.2, 0) is 11.3 Å². The van der Waals surface area contributed by atoms with Crippen LogP contribution in [0.2, 0.25) is 5.02 Å². The van der Waals surface area contributed by atoms with E-state index in [0.29, 0.717) is 23.0 Å². The lowest BCUT2D eigenvalue weighted by Crippen LogP contribution is -2.39. The first-order valence-electron chi connectivity index (χ1n) is 8.17. The summed E-state index contributed by atoms with van der Waals surface area (Å²) in [5.41, 5.74) is 1.63. The normalized spacial score (nSPS) is 12.3. The van der Waals surface area contributed by atoms with Crippen LogP contribution in [0.4, 0.5) is 5.69 Å². The third-order valence-corrected chi connectivity index (χ3v) is 5.50. The first kappa shape index (κ1) is 18.6. The van der Waals surface area contributed by atoms with Crippen LogP contribution in [0.3, 0.4) is 0 Å². The fraction of sp³-hybridized carbons (Fsp3) is 0.263. The van der Waals surface area contributed by atoms with Gasteiger partial charge in [0.1, 0.15) is 10.8 Å². The van der Waals surface area contributed by atoms with Crippen LogP contribution in [-0.4, -0.2) is 36.0 Å². The van der Waals surface area contributed by atoms with Crippen molar-refractivity contribution >= 4 is 44.7 Å². The van der Waals surface area contributed by atoms with Crippen molar-refractivity contribution in [3.63, 3.8) is 0 Å². The molecular formula is C19H20ClN3O2S. The van der Waals surface area contributed by atoms with Crippen LogP contribution in [0, 0.1) is 0 Å². The fourth-order valence-corrected chi connectivity index (χ4v) is 3.82. The first-order chi connectivity index (χ1) is 12.5. The Morgan fingerprint density at radius 3 is 2.81 bits per heavy atom. The number of ether oxygens (including phenoxy) is 1. The number of nitrogens with zero attached hydrogens (tertiary/aromatic N) is 2. The molecule has 0 radical (unpaired) electrons. The summed E-state index contributed by atoms with van der Waals surface area (Å²) >= 11 is 7.76. The lowest BCUT2D eigenvalue weighted by molar-refractivity contribution is -0.120. The number of nitrogens with one attached hydrogen (secondary N) is 1. The SMILES string of the molecule is COc1ccc(NC(=O)[C@H](C)N(C)Cc2nc3ccccc3s2)cc1Cl. The number of halogens is 1. The second-order valence-electron chi connectivity index (χ2n) is 6.00. The Kier molecular flexibility index (Phi) is 5.76. The van der Waals surface area contributed by atoms with Gasteiger partial charge in [0.25, 0.3) is 0 Å². The average Bonchev–Trinajstić information content (AvgIpc) is 3.03. The third kappa shape index (κ3) is 4.15. The summed E-state index contributed by atoms with van der Waals surface area (Å²) in [6, 6.07) is 12.9. The number of para-hydroxylation sites is 1. The van der Waals surface area contributed by atoms with Gasteiger partial charge in [0.15, 0.2) is 0 Å². The zero-order valence-electron chi connectivity index (χ0n) is 14.8. The van der Waals surface area contributed by atoms with Gasteiger partial charge in [0, 0.05) is 5.69 Å². The Labute approximate surface area is 161 Å². The second kappa shape index (κ2) is 8.03. The summed E-state index contributed by atoms with van der Waals surface area (Å²) in [6.45, 7) is 2.48. The maximum absolute atomic E-state index is 12.5. The number of hydrogen-bond donors (Lipinski definition) is 1. The highest BCUT2D eigenvalue weighted by molar-refractivity contribution is 7.18. The third-order valence-electron chi connectivity index (χ3n) is 4.18. The molecule has 0 saturated carbocycles. The molecule has 0 aliphatic rings. The maximum atomic E-state index is 12.5. The van der Waals surface area contributed by atoms with Crippen LogP contribution in [0.5, 0.6) is 5.75 Å². The molecule has 136 valence electrons. The first-order valence-corrected chi connectivity index (χ1v) is 9.36. The number of aromatic nitrogens is 1. The van der Waals surface area contributed by atoms with Crippen LogP contribution in [0.1, 0.15) is 11.9 Å². The second-order valence-corrected chi connectivity index (χ2v) is 7.53. The Morgan fingerprint density at radius 2 is 2.12 bits per heavy atom. The monoisotopic (exact) mass is 389 g/mol. The highest BCUT2D eigenvalue weighted by Gasteiger charge is 2.20. The van der Waals surface area contributed by atoms with Gasteiger partial charge in [-0.2, -0.15) is 0 Å². The van der Waals surface area contributed by atoms with E-state index < -0.39 is 0 Å². The molecule has 1 heterocycles. The van der Waals surface area contributed by atoms with E-state index in [1.807, 2.05) is 37.1 Å². The van der Waals surface area contributed by atoms with Gasteiger partial charge in [-0.05, 0) is 44.3 Å². The van der Waals surface area contributed by atoms with Crippen molar-refractivity contribution in [1.82, 2.24) is 9.88 Å². The van der Waals surface area contributed by atoms with Gasteiger partial charge in [-0.15, -0.1) is 11.3 Å². The number of hydrogen-bond acceptors (Lipinski definition) is 5. The summed E-state index contributed by atoms with van der Waals surface area (Å²) in [5.74, 6) is 0.473. The molecule has 26 heavy (non-hydrogen) atoms. The predicted molar refractivity (Wildman–Crippen MR) is 107 cm³/mol. The highest BCUT2D eigenvalue weighted by Crippen LogP contribution is 2.27. The summed E-state index contributed by atoms with van der Waals surface area (Å²) < 4.78 is 6.28. The quantitative estimate of drug-likeness (QED) is 0.678. The van der Waals surface area contributed by atoms with Gasteiger partial charge in [-0.25, -0.2) is 4.98 Å². The molecule has 1 atom stereocenters. The van der Waals surface area contributed by atoms with E-state index in [1.165, 1.54) is 0 Å². The van der Waals surface area contributed by atoms with Gasteiger partial charge in [-0.1, -0.05) is 23.7 Å². The number of rotatable bonds is 6. The molecule has 0 unspecified atom stereocenters. The molecule has 0 spiro atoms. The van der Waals surface area contributed by atoms with E-state index >= 15 is 0 Å². The molecule has 1 aromatic heterocycles. The molecule has 3 aromatic rings. The van der Waals surface area contributed by atoms with E-state index in [0.717, 1.165) is 15.2 Å². The molecule has 2 aromatic carbocycles. The Morgan fingerprint density at radius 1 is 1.35 bits per heavy atom. The number of thiazole rings is 1. The number of likely N-dealkylation sites (N-methyl/N-ethyl adjacent to an activating group) is 1. The van der Waals surface area contributed by atoms with Crippen molar-refractivity contribution < 1.29 is 9.53 Å². The smallest absolute Gasteiger partial charge is 0.241 e. The number of benzene rings is 2. The maximum Gasteiger partial charge on any atom is 0.241 e. The minimum atomic E-state index is -0.317. The topological polar surface area (TPSA) is 54.5 Å². The van der Waals surface area contributed by atoms with Crippen molar-refractivity contribution in [3.8, 4) is 5.75 Å². The van der Waals surface area contributed by atoms with Crippen molar-refractivity contribution in [2.45, 2.75) is 19.5 Å². The Hall–Kier alpha value is -2.15. The van der Waals surface area contributed by atoms with E-state index in [-0.39, 0.29) is 11.9 Å². The molecule has 1 N–H and O–H groups in total. The molecule has 5 nitrogen and oxygen atoms in total. The number of methoxy groups -OCH3 is 1. The van der Waals surface area contributed by atoms with E-state index in [4.69, 9.17) is 16.3 Å². The number of amides is 1. The lowest BCUT2D eigenvalue weighted by Gasteiger charge is -2.23. The van der Waals surface area contributed by atoms with Crippen molar-refractivity contribution in [1.29, 1.82) is 0 Å². The van der Waals surface area contributed by atoms with Crippen molar-refractivity contribution in [2.24, 2.45) is 0 Å². The number of carbonyl (C=O) groups is 1. The molecule has 0 fully saturated rings. The standard InChI is InChI=1S/C19H20ClN3O2S/c1-12(19(24)21-13-8-9-16(25-3)14(20)10-13)23(2)11-18-22-15-6-4-5-7-17(15)26-18/h4-10,12H,11H2,1-3H3,(H,21,24)/t12-/m0/s1. The Bertz CT molecular complexity index is 895. The molecule has 0 aliphatic carbocycles. The average molecular weight is 390 g/mol. The molecule has 0 bridgehead atoms. The van der Waals surface area contributed by atoms with Gasteiger partial charge in [0.2, 0.25) is 5.91 Å². The summed E-state index contributed by atoms with van der Waals surface area (Å²) in [7, 11) is 3.47. The van der Waals surface area contributed by atoms with Gasteiger partial charge in [-0.3, -0.25) is 9.69 Å². The minimum absolute atomic E-state index is 0.102. The molecule has 3 rings (SSSR count). The molecule has 0 saturated heterocycles. The Balaban J connectivity index is 1.64. The van der Waals surface area contributed by atoms with E-state index in [1.54, 1.807) is 36.6 Å². The lowest BCUT2D eigenvalue weighted by atomic mass is 10.2.